The van der Waals surface area contributed by atoms with Crippen LogP contribution in [0.5, 0.6) is 0 Å². The Bertz CT molecular complexity index is 459. The van der Waals surface area contributed by atoms with Crippen molar-refractivity contribution in [3.05, 3.63) is 34.9 Å². The Hall–Kier alpha value is -1.49. The number of aliphatic hydroxyl groups excluding tert-OH is 1. The number of amides is 1. The first kappa shape index (κ1) is 14.6. The second-order valence-corrected chi connectivity index (χ2v) is 5.06. The molecule has 2 N–H and O–H groups in total. The first-order valence-corrected chi connectivity index (χ1v) is 5.62. The van der Waals surface area contributed by atoms with Crippen LogP contribution in [-0.4, -0.2) is 24.2 Å². The Labute approximate surface area is 105 Å². The van der Waals surface area contributed by atoms with Crippen molar-refractivity contribution in [3.63, 3.8) is 0 Å². The first-order valence-electron chi connectivity index (χ1n) is 5.62. The third-order valence-electron chi connectivity index (χ3n) is 2.67. The van der Waals surface area contributed by atoms with Gasteiger partial charge in [-0.1, -0.05) is 19.9 Å². The van der Waals surface area contributed by atoms with Crippen molar-refractivity contribution in [1.82, 2.24) is 5.32 Å². The molecule has 1 aromatic carbocycles. The molecule has 0 radical (unpaired) electrons. The zero-order valence-electron chi connectivity index (χ0n) is 10.7. The van der Waals surface area contributed by atoms with E-state index in [0.29, 0.717) is 0 Å². The van der Waals surface area contributed by atoms with Crippen molar-refractivity contribution in [1.29, 1.82) is 0 Å². The zero-order chi connectivity index (χ0) is 13.9. The molecule has 1 aromatic rings. The first-order chi connectivity index (χ1) is 8.28. The molecule has 5 heteroatoms. The predicted octanol–water partition coefficient (Wildman–Crippen LogP) is 2.02. The molecule has 0 spiro atoms. The SMILES string of the molecule is Cc1ccc(F)c(C(=O)NCC(C)(C)CO)c1F. The summed E-state index contributed by atoms with van der Waals surface area (Å²) in [6, 6.07) is 2.34. The molecule has 3 nitrogen and oxygen atoms in total. The van der Waals surface area contributed by atoms with Crippen LogP contribution in [0.2, 0.25) is 0 Å². The molecule has 100 valence electrons. The van der Waals surface area contributed by atoms with Gasteiger partial charge in [0.25, 0.3) is 5.91 Å². The molecule has 1 amide bonds. The van der Waals surface area contributed by atoms with Gasteiger partial charge in [-0.2, -0.15) is 0 Å². The molecule has 0 fully saturated rings. The number of nitrogens with one attached hydrogen (secondary N) is 1. The molecule has 0 aliphatic carbocycles. The second kappa shape index (κ2) is 5.44. The van der Waals surface area contributed by atoms with Crippen LogP contribution in [0, 0.1) is 24.0 Å². The topological polar surface area (TPSA) is 49.3 Å². The third-order valence-corrected chi connectivity index (χ3v) is 2.67. The number of carbonyl (C=O) groups excluding carboxylic acids is 1. The van der Waals surface area contributed by atoms with Crippen molar-refractivity contribution in [2.24, 2.45) is 5.41 Å². The molecule has 0 aliphatic heterocycles. The molecule has 0 atom stereocenters. The van der Waals surface area contributed by atoms with Gasteiger partial charge in [0.15, 0.2) is 0 Å². The standard InChI is InChI=1S/C13H17F2NO2/c1-8-4-5-9(14)10(11(8)15)12(18)16-6-13(2,3)7-17/h4-5,17H,6-7H2,1-3H3,(H,16,18). The Morgan fingerprint density at radius 1 is 1.39 bits per heavy atom. The van der Waals surface area contributed by atoms with Gasteiger partial charge >= 0.3 is 0 Å². The lowest BCUT2D eigenvalue weighted by Gasteiger charge is -2.22. The van der Waals surface area contributed by atoms with Crippen LogP contribution >= 0.6 is 0 Å². The van der Waals surface area contributed by atoms with E-state index in [-0.39, 0.29) is 18.7 Å². The monoisotopic (exact) mass is 257 g/mol. The lowest BCUT2D eigenvalue weighted by molar-refractivity contribution is 0.0902. The fourth-order valence-electron chi connectivity index (χ4n) is 1.33. The molecule has 0 bridgehead atoms. The van der Waals surface area contributed by atoms with E-state index in [2.05, 4.69) is 5.32 Å². The number of aliphatic hydroxyl groups is 1. The molecule has 0 unspecified atom stereocenters. The smallest absolute Gasteiger partial charge is 0.257 e. The van der Waals surface area contributed by atoms with E-state index in [1.807, 2.05) is 0 Å². The van der Waals surface area contributed by atoms with Crippen molar-refractivity contribution in [3.8, 4) is 0 Å². The summed E-state index contributed by atoms with van der Waals surface area (Å²) in [6.07, 6.45) is 0. The summed E-state index contributed by atoms with van der Waals surface area (Å²) in [5.74, 6) is -2.55. The van der Waals surface area contributed by atoms with E-state index in [4.69, 9.17) is 5.11 Å². The van der Waals surface area contributed by atoms with E-state index in [1.54, 1.807) is 13.8 Å². The van der Waals surface area contributed by atoms with E-state index < -0.39 is 28.5 Å². The molecule has 0 saturated carbocycles. The highest BCUT2D eigenvalue weighted by atomic mass is 19.1. The summed E-state index contributed by atoms with van der Waals surface area (Å²) in [7, 11) is 0. The minimum absolute atomic E-state index is 0.133. The summed E-state index contributed by atoms with van der Waals surface area (Å²) >= 11 is 0. The quantitative estimate of drug-likeness (QED) is 0.867. The largest absolute Gasteiger partial charge is 0.396 e. The van der Waals surface area contributed by atoms with Crippen LogP contribution in [0.15, 0.2) is 12.1 Å². The maximum atomic E-state index is 13.7. The number of aryl methyl sites for hydroxylation is 1. The zero-order valence-corrected chi connectivity index (χ0v) is 10.7. The van der Waals surface area contributed by atoms with Gasteiger partial charge in [0, 0.05) is 18.6 Å². The minimum atomic E-state index is -0.891. The third kappa shape index (κ3) is 3.26. The lowest BCUT2D eigenvalue weighted by Crippen LogP contribution is -2.36. The van der Waals surface area contributed by atoms with E-state index in [0.717, 1.165) is 6.07 Å². The van der Waals surface area contributed by atoms with Gasteiger partial charge in [-0.25, -0.2) is 8.78 Å². The summed E-state index contributed by atoms with van der Waals surface area (Å²) in [5.41, 5.74) is -0.904. The summed E-state index contributed by atoms with van der Waals surface area (Å²) in [6.45, 7) is 4.93. The maximum absolute atomic E-state index is 13.7. The minimum Gasteiger partial charge on any atom is -0.396 e. The number of hydrogen-bond acceptors (Lipinski definition) is 2. The number of halogens is 2. The highest BCUT2D eigenvalue weighted by Crippen LogP contribution is 2.17. The average molecular weight is 257 g/mol. The van der Waals surface area contributed by atoms with Crippen LogP contribution in [-0.2, 0) is 0 Å². The molecule has 0 heterocycles. The van der Waals surface area contributed by atoms with E-state index >= 15 is 0 Å². The van der Waals surface area contributed by atoms with Crippen LogP contribution in [0.1, 0.15) is 29.8 Å². The van der Waals surface area contributed by atoms with Gasteiger partial charge in [0.05, 0.1) is 0 Å². The molecule has 0 aromatic heterocycles. The van der Waals surface area contributed by atoms with Crippen LogP contribution < -0.4 is 5.32 Å². The summed E-state index contributed by atoms with van der Waals surface area (Å²) in [4.78, 5) is 11.7. The lowest BCUT2D eigenvalue weighted by atomic mass is 9.95. The van der Waals surface area contributed by atoms with Gasteiger partial charge in [-0.05, 0) is 18.6 Å². The fourth-order valence-corrected chi connectivity index (χ4v) is 1.33. The Kier molecular flexibility index (Phi) is 4.40. The van der Waals surface area contributed by atoms with Gasteiger partial charge < -0.3 is 10.4 Å². The Balaban J connectivity index is 2.89. The fraction of sp³-hybridized carbons (Fsp3) is 0.462. The van der Waals surface area contributed by atoms with Crippen LogP contribution in [0.25, 0.3) is 0 Å². The highest BCUT2D eigenvalue weighted by molar-refractivity contribution is 5.95. The number of rotatable bonds is 4. The number of carbonyl (C=O) groups is 1. The molecule has 1 rings (SSSR count). The average Bonchev–Trinajstić information content (AvgIpc) is 2.32. The van der Waals surface area contributed by atoms with Crippen molar-refractivity contribution >= 4 is 5.91 Å². The van der Waals surface area contributed by atoms with Crippen LogP contribution in [0.3, 0.4) is 0 Å². The Morgan fingerprint density at radius 2 is 2.00 bits per heavy atom. The van der Waals surface area contributed by atoms with Gasteiger partial charge in [-0.15, -0.1) is 0 Å². The normalized spacial score (nSPS) is 11.4. The molecular weight excluding hydrogens is 240 g/mol. The van der Waals surface area contributed by atoms with Gasteiger partial charge in [0.2, 0.25) is 0 Å². The van der Waals surface area contributed by atoms with E-state index in [1.165, 1.54) is 13.0 Å². The van der Waals surface area contributed by atoms with Crippen molar-refractivity contribution in [2.75, 3.05) is 13.2 Å². The molecule has 18 heavy (non-hydrogen) atoms. The predicted molar refractivity (Wildman–Crippen MR) is 64.3 cm³/mol. The summed E-state index contributed by atoms with van der Waals surface area (Å²) < 4.78 is 27.1. The summed E-state index contributed by atoms with van der Waals surface area (Å²) in [5, 5.41) is 11.5. The Morgan fingerprint density at radius 3 is 2.56 bits per heavy atom. The molecule has 0 aliphatic rings. The highest BCUT2D eigenvalue weighted by Gasteiger charge is 2.22. The second-order valence-electron chi connectivity index (χ2n) is 5.06. The van der Waals surface area contributed by atoms with Crippen molar-refractivity contribution < 1.29 is 18.7 Å². The van der Waals surface area contributed by atoms with Crippen LogP contribution in [0.4, 0.5) is 8.78 Å². The van der Waals surface area contributed by atoms with Gasteiger partial charge in [-0.3, -0.25) is 4.79 Å². The maximum Gasteiger partial charge on any atom is 0.257 e. The molecule has 0 saturated heterocycles. The number of hydrogen-bond donors (Lipinski definition) is 2. The van der Waals surface area contributed by atoms with Crippen molar-refractivity contribution in [2.45, 2.75) is 20.8 Å². The van der Waals surface area contributed by atoms with Gasteiger partial charge in [0.1, 0.15) is 17.2 Å². The number of benzene rings is 1. The molecular formula is C13H17F2NO2. The van der Waals surface area contributed by atoms with E-state index in [9.17, 15) is 13.6 Å².